The van der Waals surface area contributed by atoms with Crippen LogP contribution in [0.15, 0.2) is 18.2 Å². The molecular weight excluding hydrogens is 295 g/mol. The summed E-state index contributed by atoms with van der Waals surface area (Å²) in [5.74, 6) is 0.939. The summed E-state index contributed by atoms with van der Waals surface area (Å²) in [4.78, 5) is 12.0. The van der Waals surface area contributed by atoms with Crippen LogP contribution in [0.3, 0.4) is 0 Å². The fourth-order valence-corrected chi connectivity index (χ4v) is 2.31. The number of hydrogen-bond donors (Lipinski definition) is 1. The van der Waals surface area contributed by atoms with Gasteiger partial charge in [0.05, 0.1) is 12.1 Å². The van der Waals surface area contributed by atoms with Crippen LogP contribution in [0.1, 0.15) is 40.8 Å². The first-order chi connectivity index (χ1) is 10.1. The van der Waals surface area contributed by atoms with Gasteiger partial charge in [-0.15, -0.1) is 10.2 Å². The molecule has 1 aromatic heterocycles. The van der Waals surface area contributed by atoms with Gasteiger partial charge < -0.3 is 9.88 Å². The van der Waals surface area contributed by atoms with Crippen LogP contribution in [0, 0.1) is 5.82 Å². The van der Waals surface area contributed by atoms with Crippen molar-refractivity contribution in [3.63, 3.8) is 0 Å². The van der Waals surface area contributed by atoms with Crippen LogP contribution < -0.4 is 5.32 Å². The fourth-order valence-electron chi connectivity index (χ4n) is 2.15. The number of aromatic nitrogens is 3. The molecule has 1 fully saturated rings. The Morgan fingerprint density at radius 1 is 1.48 bits per heavy atom. The van der Waals surface area contributed by atoms with Crippen LogP contribution in [0.2, 0.25) is 5.02 Å². The van der Waals surface area contributed by atoms with Gasteiger partial charge >= 0.3 is 0 Å². The maximum absolute atomic E-state index is 13.6. The number of benzene rings is 1. The summed E-state index contributed by atoms with van der Waals surface area (Å²) in [6, 6.07) is 3.95. The van der Waals surface area contributed by atoms with Crippen molar-refractivity contribution in [3.05, 3.63) is 46.3 Å². The molecule has 1 amide bonds. The zero-order chi connectivity index (χ0) is 15.0. The number of nitrogens with one attached hydrogen (secondary N) is 1. The van der Waals surface area contributed by atoms with E-state index >= 15 is 0 Å². The second-order valence-electron chi connectivity index (χ2n) is 5.11. The first-order valence-electron chi connectivity index (χ1n) is 6.67. The van der Waals surface area contributed by atoms with Gasteiger partial charge in [-0.3, -0.25) is 4.79 Å². The molecule has 0 bridgehead atoms. The number of halogens is 2. The van der Waals surface area contributed by atoms with Crippen LogP contribution in [0.5, 0.6) is 0 Å². The molecule has 110 valence electrons. The third-order valence-electron chi connectivity index (χ3n) is 3.52. The Balaban J connectivity index is 1.68. The summed E-state index contributed by atoms with van der Waals surface area (Å²) < 4.78 is 15.5. The van der Waals surface area contributed by atoms with Gasteiger partial charge in [-0.05, 0) is 31.0 Å². The number of carbonyl (C=O) groups is 1. The van der Waals surface area contributed by atoms with E-state index in [1.54, 1.807) is 0 Å². The molecule has 0 spiro atoms. The van der Waals surface area contributed by atoms with E-state index in [-0.39, 0.29) is 17.1 Å². The van der Waals surface area contributed by atoms with E-state index in [1.807, 2.05) is 11.6 Å². The van der Waals surface area contributed by atoms with Crippen LogP contribution in [0.4, 0.5) is 4.39 Å². The molecule has 0 unspecified atom stereocenters. The van der Waals surface area contributed by atoms with Crippen molar-refractivity contribution in [2.45, 2.75) is 25.3 Å². The molecule has 0 saturated heterocycles. The van der Waals surface area contributed by atoms with E-state index < -0.39 is 11.7 Å². The Labute approximate surface area is 126 Å². The fraction of sp³-hybridized carbons (Fsp3) is 0.357. The number of nitrogens with zero attached hydrogens (tertiary/aromatic N) is 3. The Hall–Kier alpha value is -1.95. The molecule has 2 aromatic rings. The Morgan fingerprint density at radius 2 is 2.24 bits per heavy atom. The molecular formula is C14H14ClFN4O. The predicted octanol–water partition coefficient (Wildman–Crippen LogP) is 2.42. The highest BCUT2D eigenvalue weighted by Gasteiger charge is 2.29. The highest BCUT2D eigenvalue weighted by atomic mass is 35.5. The van der Waals surface area contributed by atoms with Gasteiger partial charge in [-0.2, -0.15) is 0 Å². The van der Waals surface area contributed by atoms with Gasteiger partial charge in [0.25, 0.3) is 5.91 Å². The minimum Gasteiger partial charge on any atom is -0.345 e. The van der Waals surface area contributed by atoms with Crippen molar-refractivity contribution in [3.8, 4) is 0 Å². The number of amides is 1. The topological polar surface area (TPSA) is 59.8 Å². The van der Waals surface area contributed by atoms with Gasteiger partial charge in [0.2, 0.25) is 0 Å². The lowest BCUT2D eigenvalue weighted by Gasteiger charge is -2.07. The summed E-state index contributed by atoms with van der Waals surface area (Å²) in [6.45, 7) is 0.205. The van der Waals surface area contributed by atoms with Gasteiger partial charge in [-0.1, -0.05) is 11.6 Å². The summed E-state index contributed by atoms with van der Waals surface area (Å²) in [7, 11) is 1.87. The molecule has 1 heterocycles. The molecule has 1 saturated carbocycles. The lowest BCUT2D eigenvalue weighted by molar-refractivity contribution is 0.0945. The average molecular weight is 309 g/mol. The standard InChI is InChI=1S/C14H14ClFN4O/c1-20-12(18-19-13(20)8-2-3-8)7-17-14(21)10-5-4-9(15)6-11(10)16/h4-6,8H,2-3,7H2,1H3,(H,17,21). The smallest absolute Gasteiger partial charge is 0.254 e. The van der Waals surface area contributed by atoms with Crippen LogP contribution in [0.25, 0.3) is 0 Å². The van der Waals surface area contributed by atoms with Crippen molar-refractivity contribution >= 4 is 17.5 Å². The third-order valence-corrected chi connectivity index (χ3v) is 3.76. The molecule has 7 heteroatoms. The zero-order valence-electron chi connectivity index (χ0n) is 11.4. The SMILES string of the molecule is Cn1c(CNC(=O)c2ccc(Cl)cc2F)nnc1C1CC1. The van der Waals surface area contributed by atoms with Gasteiger partial charge in [-0.25, -0.2) is 4.39 Å². The van der Waals surface area contributed by atoms with E-state index in [2.05, 4.69) is 15.5 Å². The van der Waals surface area contributed by atoms with E-state index in [1.165, 1.54) is 12.1 Å². The molecule has 1 aliphatic rings. The molecule has 5 nitrogen and oxygen atoms in total. The molecule has 3 rings (SSSR count). The summed E-state index contributed by atoms with van der Waals surface area (Å²) in [6.07, 6.45) is 2.27. The highest BCUT2D eigenvalue weighted by molar-refractivity contribution is 6.30. The lowest BCUT2D eigenvalue weighted by atomic mass is 10.2. The van der Waals surface area contributed by atoms with Gasteiger partial charge in [0.15, 0.2) is 5.82 Å². The van der Waals surface area contributed by atoms with Crippen LogP contribution >= 0.6 is 11.6 Å². The predicted molar refractivity (Wildman–Crippen MR) is 75.6 cm³/mol. The maximum atomic E-state index is 13.6. The van der Waals surface area contributed by atoms with Crippen molar-refractivity contribution < 1.29 is 9.18 Å². The van der Waals surface area contributed by atoms with Crippen LogP contribution in [-0.2, 0) is 13.6 Å². The first-order valence-corrected chi connectivity index (χ1v) is 7.05. The minimum atomic E-state index is -0.642. The third kappa shape index (κ3) is 2.90. The van der Waals surface area contributed by atoms with E-state index in [9.17, 15) is 9.18 Å². The van der Waals surface area contributed by atoms with E-state index in [4.69, 9.17) is 11.6 Å². The Morgan fingerprint density at radius 3 is 2.90 bits per heavy atom. The first kappa shape index (κ1) is 14.0. The summed E-state index contributed by atoms with van der Waals surface area (Å²) in [5, 5.41) is 11.1. The van der Waals surface area contributed by atoms with Crippen molar-refractivity contribution in [1.82, 2.24) is 20.1 Å². The molecule has 21 heavy (non-hydrogen) atoms. The number of carbonyl (C=O) groups excluding carboxylic acids is 1. The van der Waals surface area contributed by atoms with Crippen molar-refractivity contribution in [1.29, 1.82) is 0 Å². The van der Waals surface area contributed by atoms with Crippen molar-refractivity contribution in [2.24, 2.45) is 7.05 Å². The molecule has 1 aliphatic carbocycles. The summed E-state index contributed by atoms with van der Waals surface area (Å²) in [5.41, 5.74) is -0.0380. The minimum absolute atomic E-state index is 0.0380. The highest BCUT2D eigenvalue weighted by Crippen LogP contribution is 2.38. The summed E-state index contributed by atoms with van der Waals surface area (Å²) >= 11 is 5.66. The largest absolute Gasteiger partial charge is 0.345 e. The van der Waals surface area contributed by atoms with E-state index in [0.29, 0.717) is 11.7 Å². The quantitative estimate of drug-likeness (QED) is 0.943. The normalized spacial score (nSPS) is 14.2. The number of hydrogen-bond acceptors (Lipinski definition) is 3. The second kappa shape index (κ2) is 5.44. The lowest BCUT2D eigenvalue weighted by Crippen LogP contribution is -2.25. The molecule has 0 radical (unpaired) electrons. The Kier molecular flexibility index (Phi) is 3.63. The molecule has 1 N–H and O–H groups in total. The Bertz CT molecular complexity index is 696. The monoisotopic (exact) mass is 308 g/mol. The second-order valence-corrected chi connectivity index (χ2v) is 5.55. The number of rotatable bonds is 4. The van der Waals surface area contributed by atoms with Crippen molar-refractivity contribution in [2.75, 3.05) is 0 Å². The zero-order valence-corrected chi connectivity index (χ0v) is 12.2. The van der Waals surface area contributed by atoms with Crippen LogP contribution in [-0.4, -0.2) is 20.7 Å². The van der Waals surface area contributed by atoms with Gasteiger partial charge in [0, 0.05) is 18.0 Å². The molecule has 0 aliphatic heterocycles. The van der Waals surface area contributed by atoms with Gasteiger partial charge in [0.1, 0.15) is 11.6 Å². The average Bonchev–Trinajstić information content (AvgIpc) is 3.21. The molecule has 0 atom stereocenters. The van der Waals surface area contributed by atoms with E-state index in [0.717, 1.165) is 24.7 Å². The molecule has 1 aromatic carbocycles. The maximum Gasteiger partial charge on any atom is 0.254 e.